The van der Waals surface area contributed by atoms with Crippen LogP contribution in [0.1, 0.15) is 6.42 Å². The van der Waals surface area contributed by atoms with Crippen LogP contribution in [-0.2, 0) is 14.3 Å². The predicted molar refractivity (Wildman–Crippen MR) is 45.7 cm³/mol. The summed E-state index contributed by atoms with van der Waals surface area (Å²) >= 11 is 0. The fourth-order valence-electron chi connectivity index (χ4n) is 0.773. The summed E-state index contributed by atoms with van der Waals surface area (Å²) in [6.07, 6.45) is -0.552. The van der Waals surface area contributed by atoms with Crippen LogP contribution < -0.4 is 0 Å². The van der Waals surface area contributed by atoms with E-state index < -0.39 is 6.29 Å². The molecule has 0 radical (unpaired) electrons. The molecule has 0 aromatic rings. The Kier molecular flexibility index (Phi) is 5.85. The van der Waals surface area contributed by atoms with Gasteiger partial charge in [0, 0.05) is 21.3 Å². The number of hydrogen-bond acceptors (Lipinski definition) is 4. The third-order valence-corrected chi connectivity index (χ3v) is 1.60. The van der Waals surface area contributed by atoms with Crippen molar-refractivity contribution in [2.75, 3.05) is 27.8 Å². The third kappa shape index (κ3) is 4.45. The molecule has 1 amide bonds. The number of ether oxygens (including phenoxy) is 2. The Labute approximate surface area is 77.8 Å². The van der Waals surface area contributed by atoms with Gasteiger partial charge in [0.1, 0.15) is 6.42 Å². The third-order valence-electron chi connectivity index (χ3n) is 1.60. The molecule has 5 heteroatoms. The largest absolute Gasteiger partial charge is 0.354 e. The molecule has 0 heterocycles. The van der Waals surface area contributed by atoms with E-state index in [4.69, 9.17) is 14.7 Å². The van der Waals surface area contributed by atoms with Crippen molar-refractivity contribution < 1.29 is 14.3 Å². The van der Waals surface area contributed by atoms with Crippen molar-refractivity contribution in [1.29, 1.82) is 5.26 Å². The van der Waals surface area contributed by atoms with Crippen molar-refractivity contribution in [3.8, 4) is 6.07 Å². The van der Waals surface area contributed by atoms with Crippen LogP contribution >= 0.6 is 0 Å². The van der Waals surface area contributed by atoms with Gasteiger partial charge in [-0.05, 0) is 0 Å². The first-order valence-corrected chi connectivity index (χ1v) is 3.82. The molecule has 0 spiro atoms. The summed E-state index contributed by atoms with van der Waals surface area (Å²) in [6, 6.07) is 1.78. The summed E-state index contributed by atoms with van der Waals surface area (Å²) in [5, 5.41) is 8.27. The molecule has 0 aromatic heterocycles. The van der Waals surface area contributed by atoms with E-state index in [2.05, 4.69) is 0 Å². The zero-order valence-corrected chi connectivity index (χ0v) is 8.11. The molecule has 0 aliphatic heterocycles. The summed E-state index contributed by atoms with van der Waals surface area (Å²) in [5.74, 6) is -0.235. The highest BCUT2D eigenvalue weighted by Crippen LogP contribution is 1.96. The molecule has 74 valence electrons. The quantitative estimate of drug-likeness (QED) is 0.566. The maximum Gasteiger partial charge on any atom is 0.236 e. The molecular formula is C8H14N2O3. The molecule has 0 aliphatic rings. The van der Waals surface area contributed by atoms with E-state index in [1.165, 1.54) is 19.1 Å². The molecule has 5 nitrogen and oxygen atoms in total. The number of nitriles is 1. The Morgan fingerprint density at radius 3 is 2.46 bits per heavy atom. The van der Waals surface area contributed by atoms with Crippen LogP contribution in [0.25, 0.3) is 0 Å². The van der Waals surface area contributed by atoms with E-state index in [9.17, 15) is 4.79 Å². The second kappa shape index (κ2) is 6.40. The number of likely N-dealkylation sites (N-methyl/N-ethyl adjacent to an activating group) is 1. The summed E-state index contributed by atoms with van der Waals surface area (Å²) in [6.45, 7) is 0.327. The van der Waals surface area contributed by atoms with Crippen molar-refractivity contribution in [1.82, 2.24) is 4.90 Å². The lowest BCUT2D eigenvalue weighted by atomic mass is 10.4. The van der Waals surface area contributed by atoms with Gasteiger partial charge in [0.05, 0.1) is 12.6 Å². The highest BCUT2D eigenvalue weighted by Gasteiger charge is 2.13. The molecule has 0 bridgehead atoms. The zero-order valence-electron chi connectivity index (χ0n) is 8.11. The lowest BCUT2D eigenvalue weighted by Gasteiger charge is -2.21. The van der Waals surface area contributed by atoms with Crippen molar-refractivity contribution in [3.63, 3.8) is 0 Å². The van der Waals surface area contributed by atoms with Crippen LogP contribution in [0.3, 0.4) is 0 Å². The summed E-state index contributed by atoms with van der Waals surface area (Å²) < 4.78 is 9.80. The molecule has 0 atom stereocenters. The second-order valence-electron chi connectivity index (χ2n) is 2.51. The Morgan fingerprint density at radius 1 is 1.54 bits per heavy atom. The van der Waals surface area contributed by atoms with Gasteiger partial charge in [-0.25, -0.2) is 0 Å². The van der Waals surface area contributed by atoms with Gasteiger partial charge in [0.25, 0.3) is 0 Å². The fourth-order valence-corrected chi connectivity index (χ4v) is 0.773. The SMILES string of the molecule is COC(CN(C)C(=O)CC#N)OC. The standard InChI is InChI=1S/C8H14N2O3/c1-10(7(11)4-5-9)6-8(12-2)13-3/h8H,4,6H2,1-3H3. The first-order chi connectivity index (χ1) is 6.15. The van der Waals surface area contributed by atoms with Crippen molar-refractivity contribution in [3.05, 3.63) is 0 Å². The van der Waals surface area contributed by atoms with Crippen LogP contribution in [0.4, 0.5) is 0 Å². The monoisotopic (exact) mass is 186 g/mol. The van der Waals surface area contributed by atoms with Gasteiger partial charge in [-0.2, -0.15) is 5.26 Å². The molecule has 0 saturated carbocycles. The van der Waals surface area contributed by atoms with E-state index in [1.807, 2.05) is 0 Å². The van der Waals surface area contributed by atoms with Crippen LogP contribution in [0, 0.1) is 11.3 Å². The lowest BCUT2D eigenvalue weighted by Crippen LogP contribution is -2.35. The number of amides is 1. The first-order valence-electron chi connectivity index (χ1n) is 3.82. The number of carbonyl (C=O) groups excluding carboxylic acids is 1. The number of nitrogens with zero attached hydrogens (tertiary/aromatic N) is 2. The maximum atomic E-state index is 11.1. The van der Waals surface area contributed by atoms with Gasteiger partial charge < -0.3 is 14.4 Å². The van der Waals surface area contributed by atoms with E-state index in [0.717, 1.165) is 0 Å². The van der Waals surface area contributed by atoms with Crippen LogP contribution in [-0.4, -0.2) is 44.9 Å². The minimum Gasteiger partial charge on any atom is -0.354 e. The van der Waals surface area contributed by atoms with Crippen molar-refractivity contribution >= 4 is 5.91 Å². The molecule has 0 aliphatic carbocycles. The number of methoxy groups -OCH3 is 2. The summed E-state index contributed by atoms with van der Waals surface area (Å²) in [7, 11) is 4.60. The Balaban J connectivity index is 3.91. The van der Waals surface area contributed by atoms with Crippen LogP contribution in [0.5, 0.6) is 0 Å². The smallest absolute Gasteiger partial charge is 0.236 e. The maximum absolute atomic E-state index is 11.1. The number of rotatable bonds is 5. The van der Waals surface area contributed by atoms with Gasteiger partial charge in [0.2, 0.25) is 5.91 Å². The number of hydrogen-bond donors (Lipinski definition) is 0. The van der Waals surface area contributed by atoms with E-state index in [0.29, 0.717) is 6.54 Å². The van der Waals surface area contributed by atoms with Gasteiger partial charge in [-0.3, -0.25) is 4.79 Å². The Morgan fingerprint density at radius 2 is 2.08 bits per heavy atom. The van der Waals surface area contributed by atoms with Gasteiger partial charge in [-0.15, -0.1) is 0 Å². The molecule has 0 fully saturated rings. The molecule has 0 saturated heterocycles. The van der Waals surface area contributed by atoms with Gasteiger partial charge in [-0.1, -0.05) is 0 Å². The molecule has 0 rings (SSSR count). The second-order valence-corrected chi connectivity index (χ2v) is 2.51. The fraction of sp³-hybridized carbons (Fsp3) is 0.750. The highest BCUT2D eigenvalue weighted by molar-refractivity contribution is 5.77. The first kappa shape index (κ1) is 11.9. The Hall–Kier alpha value is -1.12. The topological polar surface area (TPSA) is 62.6 Å². The average molecular weight is 186 g/mol. The summed E-state index contributed by atoms with van der Waals surface area (Å²) in [4.78, 5) is 12.5. The lowest BCUT2D eigenvalue weighted by molar-refractivity contribution is -0.142. The zero-order chi connectivity index (χ0) is 10.3. The minimum atomic E-state index is -0.437. The van der Waals surface area contributed by atoms with E-state index >= 15 is 0 Å². The molecule has 0 N–H and O–H groups in total. The molecule has 13 heavy (non-hydrogen) atoms. The van der Waals surface area contributed by atoms with Crippen molar-refractivity contribution in [2.45, 2.75) is 12.7 Å². The predicted octanol–water partition coefficient (Wildman–Crippen LogP) is -0.0226. The Bertz CT molecular complexity index is 196. The van der Waals surface area contributed by atoms with E-state index in [1.54, 1.807) is 13.1 Å². The summed E-state index contributed by atoms with van der Waals surface area (Å²) in [5.41, 5.74) is 0. The van der Waals surface area contributed by atoms with Gasteiger partial charge >= 0.3 is 0 Å². The normalized spacial score (nSPS) is 9.77. The van der Waals surface area contributed by atoms with E-state index in [-0.39, 0.29) is 12.3 Å². The van der Waals surface area contributed by atoms with Crippen LogP contribution in [0.15, 0.2) is 0 Å². The van der Waals surface area contributed by atoms with Crippen LogP contribution in [0.2, 0.25) is 0 Å². The van der Waals surface area contributed by atoms with Gasteiger partial charge in [0.15, 0.2) is 6.29 Å². The number of carbonyl (C=O) groups is 1. The van der Waals surface area contributed by atoms with Crippen molar-refractivity contribution in [2.24, 2.45) is 0 Å². The molecular weight excluding hydrogens is 172 g/mol. The average Bonchev–Trinajstić information content (AvgIpc) is 2.14. The molecule has 0 unspecified atom stereocenters. The highest BCUT2D eigenvalue weighted by atomic mass is 16.7. The molecule has 0 aromatic carbocycles. The minimum absolute atomic E-state index is 0.114.